The van der Waals surface area contributed by atoms with E-state index in [1.165, 1.54) is 6.26 Å². The molecule has 1 rings (SSSR count). The molecule has 0 aromatic rings. The monoisotopic (exact) mass is 207 g/mol. The Balaban J connectivity index is 2.73. The SMILES string of the molecule is CS(=O)(=O)[C@H]1CC[C@@](CN)(CO)C1. The predicted molar refractivity (Wildman–Crippen MR) is 51.1 cm³/mol. The summed E-state index contributed by atoms with van der Waals surface area (Å²) in [5.74, 6) is 0. The molecule has 1 aliphatic carbocycles. The summed E-state index contributed by atoms with van der Waals surface area (Å²) in [6.07, 6.45) is 3.12. The molecule has 0 saturated heterocycles. The lowest BCUT2D eigenvalue weighted by Gasteiger charge is -2.24. The molecule has 2 atom stereocenters. The first-order chi connectivity index (χ1) is 5.93. The van der Waals surface area contributed by atoms with Gasteiger partial charge in [0.25, 0.3) is 0 Å². The molecule has 0 unspecified atom stereocenters. The normalized spacial score (nSPS) is 35.2. The maximum absolute atomic E-state index is 11.2. The molecule has 1 fully saturated rings. The van der Waals surface area contributed by atoms with E-state index in [1.807, 2.05) is 0 Å². The quantitative estimate of drug-likeness (QED) is 0.655. The van der Waals surface area contributed by atoms with Crippen LogP contribution in [0.4, 0.5) is 0 Å². The van der Waals surface area contributed by atoms with E-state index >= 15 is 0 Å². The van der Waals surface area contributed by atoms with Gasteiger partial charge in [-0.15, -0.1) is 0 Å². The molecule has 1 saturated carbocycles. The van der Waals surface area contributed by atoms with Crippen LogP contribution in [0.3, 0.4) is 0 Å². The summed E-state index contributed by atoms with van der Waals surface area (Å²) in [5, 5.41) is 8.82. The minimum atomic E-state index is -2.96. The van der Waals surface area contributed by atoms with Crippen molar-refractivity contribution in [2.24, 2.45) is 11.1 Å². The molecule has 1 aliphatic rings. The van der Waals surface area contributed by atoms with Gasteiger partial charge >= 0.3 is 0 Å². The number of aliphatic hydroxyl groups is 1. The van der Waals surface area contributed by atoms with Gasteiger partial charge in [0.1, 0.15) is 9.84 Å². The van der Waals surface area contributed by atoms with Crippen LogP contribution in [0, 0.1) is 5.41 Å². The van der Waals surface area contributed by atoms with E-state index in [0.29, 0.717) is 19.4 Å². The van der Waals surface area contributed by atoms with Crippen LogP contribution in [0.5, 0.6) is 0 Å². The Morgan fingerprint density at radius 2 is 2.23 bits per heavy atom. The minimum absolute atomic E-state index is 0.00444. The number of hydrogen-bond acceptors (Lipinski definition) is 4. The van der Waals surface area contributed by atoms with Gasteiger partial charge in [-0.1, -0.05) is 0 Å². The first-order valence-corrected chi connectivity index (χ1v) is 6.39. The van der Waals surface area contributed by atoms with Crippen molar-refractivity contribution in [2.75, 3.05) is 19.4 Å². The summed E-state index contributed by atoms with van der Waals surface area (Å²) in [4.78, 5) is 0. The van der Waals surface area contributed by atoms with Crippen LogP contribution in [-0.2, 0) is 9.84 Å². The Morgan fingerprint density at radius 3 is 2.46 bits per heavy atom. The topological polar surface area (TPSA) is 80.4 Å². The molecular formula is C8H17NO3S. The fraction of sp³-hybridized carbons (Fsp3) is 1.00. The van der Waals surface area contributed by atoms with Crippen LogP contribution >= 0.6 is 0 Å². The van der Waals surface area contributed by atoms with E-state index in [1.54, 1.807) is 0 Å². The van der Waals surface area contributed by atoms with E-state index in [4.69, 9.17) is 10.8 Å². The molecule has 0 heterocycles. The number of sulfone groups is 1. The summed E-state index contributed by atoms with van der Waals surface area (Å²) in [5.41, 5.74) is 5.19. The highest BCUT2D eigenvalue weighted by atomic mass is 32.2. The second-order valence-corrected chi connectivity index (χ2v) is 6.38. The van der Waals surface area contributed by atoms with Gasteiger partial charge in [0.05, 0.1) is 5.25 Å². The third kappa shape index (κ3) is 2.21. The molecule has 0 radical (unpaired) electrons. The summed E-state index contributed by atoms with van der Waals surface area (Å²) < 4.78 is 22.5. The van der Waals surface area contributed by atoms with Gasteiger partial charge in [-0.05, 0) is 19.3 Å². The largest absolute Gasteiger partial charge is 0.396 e. The lowest BCUT2D eigenvalue weighted by Crippen LogP contribution is -2.33. The Labute approximate surface area is 79.0 Å². The Kier molecular flexibility index (Phi) is 2.99. The third-order valence-electron chi connectivity index (χ3n) is 3.03. The first kappa shape index (κ1) is 10.9. The maximum Gasteiger partial charge on any atom is 0.150 e. The molecule has 5 heteroatoms. The van der Waals surface area contributed by atoms with E-state index in [0.717, 1.165) is 6.42 Å². The second-order valence-electron chi connectivity index (χ2n) is 4.06. The van der Waals surface area contributed by atoms with Gasteiger partial charge in [0.15, 0.2) is 0 Å². The first-order valence-electron chi connectivity index (χ1n) is 4.43. The van der Waals surface area contributed by atoms with Gasteiger partial charge in [0.2, 0.25) is 0 Å². The molecule has 13 heavy (non-hydrogen) atoms. The fourth-order valence-electron chi connectivity index (χ4n) is 1.91. The average molecular weight is 207 g/mol. The second kappa shape index (κ2) is 3.55. The summed E-state index contributed by atoms with van der Waals surface area (Å²) >= 11 is 0. The molecule has 3 N–H and O–H groups in total. The lowest BCUT2D eigenvalue weighted by molar-refractivity contribution is 0.138. The number of aliphatic hydroxyl groups excluding tert-OH is 1. The molecule has 0 aliphatic heterocycles. The maximum atomic E-state index is 11.2. The molecular weight excluding hydrogens is 190 g/mol. The average Bonchev–Trinajstić information content (AvgIpc) is 2.48. The van der Waals surface area contributed by atoms with Crippen LogP contribution in [0.25, 0.3) is 0 Å². The predicted octanol–water partition coefficient (Wildman–Crippen LogP) is -0.479. The summed E-state index contributed by atoms with van der Waals surface area (Å²) in [6.45, 7) is 0.366. The molecule has 4 nitrogen and oxygen atoms in total. The number of hydrogen-bond donors (Lipinski definition) is 2. The van der Waals surface area contributed by atoms with Gasteiger partial charge in [-0.3, -0.25) is 0 Å². The van der Waals surface area contributed by atoms with Crippen LogP contribution < -0.4 is 5.73 Å². The van der Waals surface area contributed by atoms with Gasteiger partial charge in [0, 0.05) is 24.8 Å². The summed E-state index contributed by atoms with van der Waals surface area (Å²) in [6, 6.07) is 0. The highest BCUT2D eigenvalue weighted by molar-refractivity contribution is 7.91. The summed E-state index contributed by atoms with van der Waals surface area (Å²) in [7, 11) is -2.96. The van der Waals surface area contributed by atoms with Gasteiger partial charge in [-0.2, -0.15) is 0 Å². The van der Waals surface area contributed by atoms with Crippen LogP contribution in [0.2, 0.25) is 0 Å². The van der Waals surface area contributed by atoms with Gasteiger partial charge in [-0.25, -0.2) is 8.42 Å². The molecule has 0 amide bonds. The highest BCUT2D eigenvalue weighted by Crippen LogP contribution is 2.39. The number of nitrogens with two attached hydrogens (primary N) is 1. The van der Waals surface area contributed by atoms with Crippen LogP contribution in [-0.4, -0.2) is 38.2 Å². The van der Waals surface area contributed by atoms with Crippen molar-refractivity contribution >= 4 is 9.84 Å². The zero-order valence-corrected chi connectivity index (χ0v) is 8.68. The van der Waals surface area contributed by atoms with E-state index in [9.17, 15) is 8.42 Å². The van der Waals surface area contributed by atoms with Crippen molar-refractivity contribution in [1.82, 2.24) is 0 Å². The van der Waals surface area contributed by atoms with Crippen LogP contribution in [0.1, 0.15) is 19.3 Å². The van der Waals surface area contributed by atoms with Crippen molar-refractivity contribution in [3.05, 3.63) is 0 Å². The van der Waals surface area contributed by atoms with E-state index < -0.39 is 9.84 Å². The zero-order chi connectivity index (χ0) is 10.1. The fourth-order valence-corrected chi connectivity index (χ4v) is 3.12. The molecule has 0 bridgehead atoms. The molecule has 0 aromatic heterocycles. The van der Waals surface area contributed by atoms with Crippen molar-refractivity contribution in [3.63, 3.8) is 0 Å². The Morgan fingerprint density at radius 1 is 1.62 bits per heavy atom. The van der Waals surface area contributed by atoms with Gasteiger partial charge < -0.3 is 10.8 Å². The number of rotatable bonds is 3. The van der Waals surface area contributed by atoms with Crippen molar-refractivity contribution in [2.45, 2.75) is 24.5 Å². The minimum Gasteiger partial charge on any atom is -0.396 e. The third-order valence-corrected chi connectivity index (χ3v) is 4.64. The van der Waals surface area contributed by atoms with Crippen LogP contribution in [0.15, 0.2) is 0 Å². The molecule has 78 valence electrons. The zero-order valence-electron chi connectivity index (χ0n) is 7.86. The van der Waals surface area contributed by atoms with Crippen molar-refractivity contribution in [3.8, 4) is 0 Å². The highest BCUT2D eigenvalue weighted by Gasteiger charge is 2.41. The smallest absolute Gasteiger partial charge is 0.150 e. The van der Waals surface area contributed by atoms with Crippen molar-refractivity contribution < 1.29 is 13.5 Å². The Bertz CT molecular complexity index is 269. The van der Waals surface area contributed by atoms with E-state index in [2.05, 4.69) is 0 Å². The molecule has 0 spiro atoms. The van der Waals surface area contributed by atoms with E-state index in [-0.39, 0.29) is 17.3 Å². The Hall–Kier alpha value is -0.130. The molecule has 0 aromatic carbocycles. The lowest BCUT2D eigenvalue weighted by atomic mass is 9.88. The standard InChI is InChI=1S/C8H17NO3S/c1-13(11,12)7-2-3-8(4-7,5-9)6-10/h7,10H,2-6,9H2,1H3/t7-,8+/m0/s1. The van der Waals surface area contributed by atoms with Crippen molar-refractivity contribution in [1.29, 1.82) is 0 Å².